The molecule has 1 rings (SSSR count). The first-order chi connectivity index (χ1) is 7.79. The van der Waals surface area contributed by atoms with Crippen molar-refractivity contribution in [1.29, 1.82) is 0 Å². The lowest BCUT2D eigenvalue weighted by Gasteiger charge is -2.29. The molecule has 1 saturated carbocycles. The summed E-state index contributed by atoms with van der Waals surface area (Å²) in [4.78, 5) is 11.8. The fourth-order valence-corrected chi connectivity index (χ4v) is 2.01. The molecule has 4 heteroatoms. The molecule has 0 aromatic carbocycles. The highest BCUT2D eigenvalue weighted by molar-refractivity contribution is 5.77. The van der Waals surface area contributed by atoms with Crippen LogP contribution in [0, 0.1) is 5.41 Å². The predicted molar refractivity (Wildman–Crippen MR) is 68.5 cm³/mol. The molecule has 0 heterocycles. The SMILES string of the molecule is CC(C)(C)C(N)CC(=O)NC1CCC(O)CC1. The molecule has 1 atom stereocenters. The summed E-state index contributed by atoms with van der Waals surface area (Å²) in [5.74, 6) is 0.0359. The molecule has 0 spiro atoms. The van der Waals surface area contributed by atoms with Gasteiger partial charge in [0.25, 0.3) is 0 Å². The van der Waals surface area contributed by atoms with E-state index in [-0.39, 0.29) is 29.5 Å². The van der Waals surface area contributed by atoms with E-state index >= 15 is 0 Å². The van der Waals surface area contributed by atoms with E-state index in [0.29, 0.717) is 6.42 Å². The second kappa shape index (κ2) is 5.83. The topological polar surface area (TPSA) is 75.4 Å². The normalized spacial score (nSPS) is 27.6. The van der Waals surface area contributed by atoms with Gasteiger partial charge in [0, 0.05) is 18.5 Å². The van der Waals surface area contributed by atoms with Gasteiger partial charge in [0.15, 0.2) is 0 Å². The minimum atomic E-state index is -0.181. The van der Waals surface area contributed by atoms with Gasteiger partial charge in [-0.05, 0) is 31.1 Å². The Morgan fingerprint density at radius 3 is 2.35 bits per heavy atom. The number of amides is 1. The molecule has 4 nitrogen and oxygen atoms in total. The average Bonchev–Trinajstić information content (AvgIpc) is 2.20. The Balaban J connectivity index is 2.30. The fraction of sp³-hybridized carbons (Fsp3) is 0.923. The summed E-state index contributed by atoms with van der Waals surface area (Å²) in [5, 5.41) is 12.4. The summed E-state index contributed by atoms with van der Waals surface area (Å²) >= 11 is 0. The van der Waals surface area contributed by atoms with E-state index in [1.807, 2.05) is 20.8 Å². The Bertz CT molecular complexity index is 253. The van der Waals surface area contributed by atoms with Crippen molar-refractivity contribution in [1.82, 2.24) is 5.32 Å². The van der Waals surface area contributed by atoms with Gasteiger partial charge in [0.2, 0.25) is 5.91 Å². The third-order valence-electron chi connectivity index (χ3n) is 3.58. The summed E-state index contributed by atoms with van der Waals surface area (Å²) in [5.41, 5.74) is 5.94. The Hall–Kier alpha value is -0.610. The maximum atomic E-state index is 11.8. The zero-order valence-corrected chi connectivity index (χ0v) is 11.2. The van der Waals surface area contributed by atoms with Gasteiger partial charge in [0.1, 0.15) is 0 Å². The largest absolute Gasteiger partial charge is 0.393 e. The van der Waals surface area contributed by atoms with E-state index < -0.39 is 0 Å². The van der Waals surface area contributed by atoms with E-state index in [1.165, 1.54) is 0 Å². The van der Waals surface area contributed by atoms with Gasteiger partial charge in [-0.2, -0.15) is 0 Å². The van der Waals surface area contributed by atoms with Crippen LogP contribution in [0.1, 0.15) is 52.9 Å². The smallest absolute Gasteiger partial charge is 0.221 e. The van der Waals surface area contributed by atoms with Crippen LogP contribution in [0.15, 0.2) is 0 Å². The lowest BCUT2D eigenvalue weighted by Crippen LogP contribution is -2.44. The van der Waals surface area contributed by atoms with Crippen molar-refractivity contribution in [2.75, 3.05) is 0 Å². The summed E-state index contributed by atoms with van der Waals surface area (Å²) in [6.45, 7) is 6.13. The second-order valence-corrected chi connectivity index (χ2v) is 6.25. The van der Waals surface area contributed by atoms with Gasteiger partial charge in [-0.3, -0.25) is 4.79 Å². The monoisotopic (exact) mass is 242 g/mol. The van der Waals surface area contributed by atoms with Crippen LogP contribution < -0.4 is 11.1 Å². The van der Waals surface area contributed by atoms with Crippen molar-refractivity contribution >= 4 is 5.91 Å². The van der Waals surface area contributed by atoms with Gasteiger partial charge >= 0.3 is 0 Å². The molecule has 1 unspecified atom stereocenters. The summed E-state index contributed by atoms with van der Waals surface area (Å²) < 4.78 is 0. The standard InChI is InChI=1S/C13H26N2O2/c1-13(2,3)11(14)8-12(17)15-9-4-6-10(16)7-5-9/h9-11,16H,4-8,14H2,1-3H3,(H,15,17). The van der Waals surface area contributed by atoms with Crippen LogP contribution in [-0.2, 0) is 4.79 Å². The molecule has 0 saturated heterocycles. The van der Waals surface area contributed by atoms with E-state index in [0.717, 1.165) is 25.7 Å². The third kappa shape index (κ3) is 5.04. The Morgan fingerprint density at radius 1 is 1.35 bits per heavy atom. The van der Waals surface area contributed by atoms with Gasteiger partial charge < -0.3 is 16.2 Å². The lowest BCUT2D eigenvalue weighted by atomic mass is 9.85. The average molecular weight is 242 g/mol. The van der Waals surface area contributed by atoms with Crippen LogP contribution in [-0.4, -0.2) is 29.2 Å². The minimum absolute atomic E-state index is 0.0359. The lowest BCUT2D eigenvalue weighted by molar-refractivity contribution is -0.123. The molecule has 0 aromatic rings. The van der Waals surface area contributed by atoms with Crippen LogP contribution >= 0.6 is 0 Å². The molecule has 1 aliphatic carbocycles. The molecule has 0 aliphatic heterocycles. The number of carbonyl (C=O) groups excluding carboxylic acids is 1. The Morgan fingerprint density at radius 2 is 1.88 bits per heavy atom. The molecule has 1 fully saturated rings. The maximum absolute atomic E-state index is 11.8. The zero-order chi connectivity index (χ0) is 13.1. The van der Waals surface area contributed by atoms with Crippen LogP contribution in [0.25, 0.3) is 0 Å². The van der Waals surface area contributed by atoms with E-state index in [4.69, 9.17) is 5.73 Å². The van der Waals surface area contributed by atoms with E-state index in [9.17, 15) is 9.90 Å². The van der Waals surface area contributed by atoms with Crippen LogP contribution in [0.4, 0.5) is 0 Å². The Kier molecular flexibility index (Phi) is 4.95. The van der Waals surface area contributed by atoms with Crippen molar-refractivity contribution in [2.45, 2.75) is 71.1 Å². The predicted octanol–water partition coefficient (Wildman–Crippen LogP) is 1.17. The summed E-state index contributed by atoms with van der Waals surface area (Å²) in [7, 11) is 0. The highest BCUT2D eigenvalue weighted by atomic mass is 16.3. The molecule has 0 bridgehead atoms. The van der Waals surface area contributed by atoms with Crippen LogP contribution in [0.2, 0.25) is 0 Å². The zero-order valence-electron chi connectivity index (χ0n) is 11.2. The molecular formula is C13H26N2O2. The van der Waals surface area contributed by atoms with Crippen LogP contribution in [0.3, 0.4) is 0 Å². The van der Waals surface area contributed by atoms with Crippen molar-refractivity contribution < 1.29 is 9.90 Å². The number of hydrogen-bond donors (Lipinski definition) is 3. The van der Waals surface area contributed by atoms with Crippen LogP contribution in [0.5, 0.6) is 0 Å². The van der Waals surface area contributed by atoms with E-state index in [2.05, 4.69) is 5.32 Å². The van der Waals surface area contributed by atoms with Gasteiger partial charge in [-0.25, -0.2) is 0 Å². The highest BCUT2D eigenvalue weighted by Gasteiger charge is 2.25. The molecule has 1 aliphatic rings. The van der Waals surface area contributed by atoms with Crippen molar-refractivity contribution in [3.63, 3.8) is 0 Å². The Labute approximate surface area is 104 Å². The first-order valence-corrected chi connectivity index (χ1v) is 6.52. The van der Waals surface area contributed by atoms with E-state index in [1.54, 1.807) is 0 Å². The maximum Gasteiger partial charge on any atom is 0.221 e. The first-order valence-electron chi connectivity index (χ1n) is 6.52. The summed E-state index contributed by atoms with van der Waals surface area (Å²) in [6.07, 6.45) is 3.52. The fourth-order valence-electron chi connectivity index (χ4n) is 2.01. The molecule has 0 radical (unpaired) electrons. The van der Waals surface area contributed by atoms with Gasteiger partial charge in [-0.1, -0.05) is 20.8 Å². The number of aliphatic hydroxyl groups is 1. The molecule has 0 aromatic heterocycles. The molecule has 4 N–H and O–H groups in total. The molecular weight excluding hydrogens is 216 g/mol. The molecule has 100 valence electrons. The quantitative estimate of drug-likeness (QED) is 0.695. The number of carbonyl (C=O) groups is 1. The molecule has 17 heavy (non-hydrogen) atoms. The third-order valence-corrected chi connectivity index (χ3v) is 3.58. The number of aliphatic hydroxyl groups excluding tert-OH is 1. The first kappa shape index (κ1) is 14.5. The van der Waals surface area contributed by atoms with Crippen molar-refractivity contribution in [3.05, 3.63) is 0 Å². The van der Waals surface area contributed by atoms with Gasteiger partial charge in [0.05, 0.1) is 6.10 Å². The molecule has 1 amide bonds. The van der Waals surface area contributed by atoms with Gasteiger partial charge in [-0.15, -0.1) is 0 Å². The second-order valence-electron chi connectivity index (χ2n) is 6.25. The number of hydrogen-bond acceptors (Lipinski definition) is 3. The number of nitrogens with two attached hydrogens (primary N) is 1. The number of nitrogens with one attached hydrogen (secondary N) is 1. The van der Waals surface area contributed by atoms with Crippen molar-refractivity contribution in [2.24, 2.45) is 11.1 Å². The van der Waals surface area contributed by atoms with Crippen molar-refractivity contribution in [3.8, 4) is 0 Å². The highest BCUT2D eigenvalue weighted by Crippen LogP contribution is 2.21. The minimum Gasteiger partial charge on any atom is -0.393 e. The summed E-state index contributed by atoms with van der Waals surface area (Å²) in [6, 6.07) is 0.106. The number of rotatable bonds is 3.